The van der Waals surface area contributed by atoms with Crippen LogP contribution < -0.4 is 15.0 Å². The summed E-state index contributed by atoms with van der Waals surface area (Å²) in [7, 11) is 0. The Morgan fingerprint density at radius 2 is 1.90 bits per heavy atom. The van der Waals surface area contributed by atoms with Gasteiger partial charge in [0.2, 0.25) is 0 Å². The Morgan fingerprint density at radius 3 is 2.55 bits per heavy atom. The quantitative estimate of drug-likeness (QED) is 0.327. The van der Waals surface area contributed by atoms with Gasteiger partial charge < -0.3 is 24.4 Å². The van der Waals surface area contributed by atoms with Crippen LogP contribution in [0.2, 0.25) is 0 Å². The van der Waals surface area contributed by atoms with E-state index in [1.165, 1.54) is 0 Å². The summed E-state index contributed by atoms with van der Waals surface area (Å²) in [5.74, 6) is 1.03. The van der Waals surface area contributed by atoms with Crippen molar-refractivity contribution in [3.8, 4) is 16.9 Å². The number of carbonyl (C=O) groups excluding carboxylic acids is 2. The van der Waals surface area contributed by atoms with E-state index in [0.29, 0.717) is 43.9 Å². The number of carbonyl (C=O) groups is 2. The molecule has 1 fully saturated rings. The lowest BCUT2D eigenvalue weighted by molar-refractivity contribution is -0.152. The molecule has 40 heavy (non-hydrogen) atoms. The number of aromatic nitrogens is 5. The highest BCUT2D eigenvalue weighted by molar-refractivity contribution is 6.01. The van der Waals surface area contributed by atoms with Gasteiger partial charge >= 0.3 is 12.1 Å². The summed E-state index contributed by atoms with van der Waals surface area (Å²) in [6.07, 6.45) is 5.53. The largest absolute Gasteiger partial charge is 0.492 e. The monoisotopic (exact) mass is 549 g/mol. The van der Waals surface area contributed by atoms with E-state index >= 15 is 0 Å². The molecule has 1 aliphatic rings. The van der Waals surface area contributed by atoms with Gasteiger partial charge in [-0.05, 0) is 65.7 Å². The number of esters is 1. The van der Waals surface area contributed by atoms with E-state index in [4.69, 9.17) is 19.2 Å². The molecular weight excluding hydrogens is 514 g/mol. The lowest BCUT2D eigenvalue weighted by atomic mass is 9.87. The number of ether oxygens (including phenoxy) is 3. The second-order valence-electron chi connectivity index (χ2n) is 10.8. The molecule has 5 heterocycles. The molecule has 0 bridgehead atoms. The van der Waals surface area contributed by atoms with Gasteiger partial charge in [-0.3, -0.25) is 5.10 Å². The average Bonchev–Trinajstić information content (AvgIpc) is 3.49. The number of H-pyrrole nitrogens is 1. The molecule has 0 spiro atoms. The molecule has 12 nitrogen and oxygen atoms in total. The van der Waals surface area contributed by atoms with Crippen molar-refractivity contribution in [2.45, 2.75) is 58.6 Å². The predicted molar refractivity (Wildman–Crippen MR) is 149 cm³/mol. The number of pyridine rings is 2. The lowest BCUT2D eigenvalue weighted by Gasteiger charge is -2.40. The van der Waals surface area contributed by atoms with Gasteiger partial charge in [-0.15, -0.1) is 5.10 Å². The third-order valence-corrected chi connectivity index (χ3v) is 6.82. The molecule has 0 unspecified atom stereocenters. The summed E-state index contributed by atoms with van der Waals surface area (Å²) in [6.45, 7) is 10.8. The molecule has 4 aromatic rings. The summed E-state index contributed by atoms with van der Waals surface area (Å²) in [5, 5.41) is 15.4. The van der Waals surface area contributed by atoms with Crippen molar-refractivity contribution < 1.29 is 23.8 Å². The molecule has 1 saturated heterocycles. The molecule has 1 amide bonds. The molecular formula is C28H35N7O5. The number of fused-ring (bicyclic) bond motifs is 3. The van der Waals surface area contributed by atoms with E-state index < -0.39 is 23.2 Å². The van der Waals surface area contributed by atoms with Crippen LogP contribution in [0.3, 0.4) is 0 Å². The number of alkyl carbamates (subject to hydrolysis) is 1. The Labute approximate surface area is 232 Å². The average molecular weight is 550 g/mol. The van der Waals surface area contributed by atoms with Gasteiger partial charge in [0.25, 0.3) is 0 Å². The molecule has 0 aromatic carbocycles. The van der Waals surface area contributed by atoms with Crippen LogP contribution in [0.1, 0.15) is 47.5 Å². The van der Waals surface area contributed by atoms with Crippen molar-refractivity contribution in [3.63, 3.8) is 0 Å². The fourth-order valence-corrected chi connectivity index (χ4v) is 5.00. The standard InChI is InChI=1S/C28H35N7O5/c1-6-38-19-14-20(23-21-16-30-32-24(21)33-35(23)17-19)18-8-9-22(29-15-18)34-12-10-28(11-13-34,25(36)39-7-2)31-26(37)40-27(3,4)5/h8-9,14-17H,6-7,10-13H2,1-5H3,(H,31,37)(H,32,33). The fourth-order valence-electron chi connectivity index (χ4n) is 5.00. The number of nitrogens with one attached hydrogen (secondary N) is 2. The third-order valence-electron chi connectivity index (χ3n) is 6.82. The normalized spacial score (nSPS) is 15.3. The van der Waals surface area contributed by atoms with Crippen molar-refractivity contribution in [1.82, 2.24) is 30.1 Å². The van der Waals surface area contributed by atoms with Gasteiger partial charge in [-0.1, -0.05) is 0 Å². The number of rotatable bonds is 7. The molecule has 0 saturated carbocycles. The van der Waals surface area contributed by atoms with Crippen LogP contribution in [0.5, 0.6) is 5.75 Å². The first kappa shape index (κ1) is 27.2. The maximum atomic E-state index is 12.9. The summed E-state index contributed by atoms with van der Waals surface area (Å²) >= 11 is 0. The van der Waals surface area contributed by atoms with E-state index in [9.17, 15) is 9.59 Å². The zero-order valence-corrected chi connectivity index (χ0v) is 23.5. The minimum absolute atomic E-state index is 0.226. The second-order valence-corrected chi connectivity index (χ2v) is 10.8. The first-order valence-electron chi connectivity index (χ1n) is 13.5. The molecule has 5 rings (SSSR count). The third kappa shape index (κ3) is 5.38. The van der Waals surface area contributed by atoms with Crippen molar-refractivity contribution in [2.75, 3.05) is 31.2 Å². The number of piperidine rings is 1. The van der Waals surface area contributed by atoms with Crippen LogP contribution in [-0.4, -0.2) is 74.3 Å². The molecule has 0 radical (unpaired) electrons. The SMILES string of the molecule is CCOC(=O)C1(NC(=O)OC(C)(C)C)CCN(c2ccc(-c3cc(OCC)cn4nc5[nH]ncc5c34)cn2)CC1. The Balaban J connectivity index is 1.37. The van der Waals surface area contributed by atoms with Crippen LogP contribution in [0.15, 0.2) is 36.8 Å². The van der Waals surface area contributed by atoms with Crippen molar-refractivity contribution in [3.05, 3.63) is 36.8 Å². The van der Waals surface area contributed by atoms with Gasteiger partial charge in [0, 0.05) is 30.4 Å². The van der Waals surface area contributed by atoms with Crippen molar-refractivity contribution in [1.29, 1.82) is 0 Å². The topological polar surface area (TPSA) is 136 Å². The van der Waals surface area contributed by atoms with Gasteiger partial charge in [0.1, 0.15) is 22.7 Å². The van der Waals surface area contributed by atoms with Crippen LogP contribution in [0.4, 0.5) is 10.6 Å². The molecule has 212 valence electrons. The van der Waals surface area contributed by atoms with Gasteiger partial charge in [0.15, 0.2) is 5.65 Å². The maximum Gasteiger partial charge on any atom is 0.408 e. The molecule has 2 N–H and O–H groups in total. The number of aromatic amines is 1. The zero-order valence-electron chi connectivity index (χ0n) is 23.5. The Morgan fingerprint density at radius 1 is 1.12 bits per heavy atom. The van der Waals surface area contributed by atoms with E-state index in [1.54, 1.807) is 38.4 Å². The Bertz CT molecular complexity index is 1510. The van der Waals surface area contributed by atoms with E-state index in [-0.39, 0.29) is 6.61 Å². The van der Waals surface area contributed by atoms with Crippen LogP contribution in [0, 0.1) is 0 Å². The summed E-state index contributed by atoms with van der Waals surface area (Å²) in [5.41, 5.74) is 1.60. The number of hydrogen-bond donors (Lipinski definition) is 2. The van der Waals surface area contributed by atoms with E-state index in [2.05, 4.69) is 25.5 Å². The Hall–Kier alpha value is -4.35. The highest BCUT2D eigenvalue weighted by atomic mass is 16.6. The molecule has 1 aliphatic heterocycles. The number of nitrogens with zero attached hydrogens (tertiary/aromatic N) is 5. The van der Waals surface area contributed by atoms with Crippen LogP contribution in [-0.2, 0) is 14.3 Å². The van der Waals surface area contributed by atoms with Gasteiger partial charge in [-0.2, -0.15) is 5.10 Å². The number of hydrogen-bond acceptors (Lipinski definition) is 9. The molecule has 0 atom stereocenters. The highest BCUT2D eigenvalue weighted by Crippen LogP contribution is 2.34. The van der Waals surface area contributed by atoms with E-state index in [0.717, 1.165) is 27.8 Å². The number of amides is 1. The summed E-state index contributed by atoms with van der Waals surface area (Å²) < 4.78 is 18.3. The van der Waals surface area contributed by atoms with Crippen LogP contribution in [0.25, 0.3) is 27.7 Å². The van der Waals surface area contributed by atoms with Crippen molar-refractivity contribution in [2.24, 2.45) is 0 Å². The predicted octanol–water partition coefficient (Wildman–Crippen LogP) is 4.10. The van der Waals surface area contributed by atoms with E-state index in [1.807, 2.05) is 37.5 Å². The van der Waals surface area contributed by atoms with Gasteiger partial charge in [0.05, 0.1) is 36.5 Å². The molecule has 0 aliphatic carbocycles. The minimum atomic E-state index is -1.15. The fraction of sp³-hybridized carbons (Fsp3) is 0.464. The first-order valence-corrected chi connectivity index (χ1v) is 13.5. The second kappa shape index (κ2) is 10.7. The smallest absolute Gasteiger partial charge is 0.408 e. The van der Waals surface area contributed by atoms with Crippen LogP contribution >= 0.6 is 0 Å². The molecule has 4 aromatic heterocycles. The summed E-state index contributed by atoms with van der Waals surface area (Å²) in [4.78, 5) is 32.4. The molecule has 12 heteroatoms. The van der Waals surface area contributed by atoms with Crippen molar-refractivity contribution >= 4 is 34.4 Å². The summed E-state index contributed by atoms with van der Waals surface area (Å²) in [6, 6.07) is 5.96. The van der Waals surface area contributed by atoms with Gasteiger partial charge in [-0.25, -0.2) is 19.1 Å². The lowest BCUT2D eigenvalue weighted by Crippen LogP contribution is -2.61. The highest BCUT2D eigenvalue weighted by Gasteiger charge is 2.45. The maximum absolute atomic E-state index is 12.9. The Kier molecular flexibility index (Phi) is 7.26. The number of anilines is 1. The first-order chi connectivity index (χ1) is 19.1. The minimum Gasteiger partial charge on any atom is -0.492 e. The zero-order chi connectivity index (χ0) is 28.5.